The summed E-state index contributed by atoms with van der Waals surface area (Å²) in [5.74, 6) is -0.824. The van der Waals surface area contributed by atoms with E-state index in [0.717, 1.165) is 9.80 Å². The number of hydrogen-bond donors (Lipinski definition) is 1. The highest BCUT2D eigenvalue weighted by Gasteiger charge is 2.48. The van der Waals surface area contributed by atoms with E-state index in [1.54, 1.807) is 36.4 Å². The molecule has 1 heterocycles. The van der Waals surface area contributed by atoms with E-state index in [1.165, 1.54) is 0 Å². The van der Waals surface area contributed by atoms with Gasteiger partial charge in [0.25, 0.3) is 5.91 Å². The Labute approximate surface area is 135 Å². The van der Waals surface area contributed by atoms with Crippen LogP contribution in [0.1, 0.15) is 30.1 Å². The highest BCUT2D eigenvalue weighted by atomic mass is 16.4. The Morgan fingerprint density at radius 2 is 2.00 bits per heavy atom. The summed E-state index contributed by atoms with van der Waals surface area (Å²) in [6, 6.07) is 8.39. The van der Waals surface area contributed by atoms with Crippen molar-refractivity contribution in [3.05, 3.63) is 48.6 Å². The van der Waals surface area contributed by atoms with Crippen LogP contribution in [0.25, 0.3) is 0 Å². The van der Waals surface area contributed by atoms with Gasteiger partial charge in [0, 0.05) is 12.1 Å². The summed E-state index contributed by atoms with van der Waals surface area (Å²) in [4.78, 5) is 39.1. The molecule has 122 valence electrons. The highest BCUT2D eigenvalue weighted by molar-refractivity contribution is 6.07. The van der Waals surface area contributed by atoms with Gasteiger partial charge >= 0.3 is 6.09 Å². The van der Waals surface area contributed by atoms with Crippen molar-refractivity contribution >= 4 is 17.9 Å². The highest BCUT2D eigenvalue weighted by Crippen LogP contribution is 2.35. The molecule has 3 amide bonds. The smallest absolute Gasteiger partial charge is 0.408 e. The van der Waals surface area contributed by atoms with E-state index in [9.17, 15) is 19.5 Å². The number of carboxylic acid groups (broad SMARTS) is 1. The lowest BCUT2D eigenvalue weighted by atomic mass is 9.78. The number of carbonyl (C=O) groups excluding carboxylic acids is 2. The zero-order valence-corrected chi connectivity index (χ0v) is 13.1. The Bertz CT molecular complexity index is 629. The Kier molecular flexibility index (Phi) is 4.83. The van der Waals surface area contributed by atoms with Crippen molar-refractivity contribution < 1.29 is 19.5 Å². The van der Waals surface area contributed by atoms with Crippen molar-refractivity contribution in [3.63, 3.8) is 0 Å². The number of allylic oxidation sites excluding steroid dienone is 1. The molecule has 1 N–H and O–H groups in total. The average molecular weight is 316 g/mol. The van der Waals surface area contributed by atoms with E-state index in [4.69, 9.17) is 0 Å². The maximum Gasteiger partial charge on any atom is 0.408 e. The van der Waals surface area contributed by atoms with E-state index < -0.39 is 17.4 Å². The molecule has 6 heteroatoms. The molecule has 23 heavy (non-hydrogen) atoms. The fourth-order valence-corrected chi connectivity index (χ4v) is 2.86. The van der Waals surface area contributed by atoms with Gasteiger partial charge in [0.2, 0.25) is 5.91 Å². The van der Waals surface area contributed by atoms with E-state index in [1.807, 2.05) is 6.92 Å². The van der Waals surface area contributed by atoms with Crippen LogP contribution in [0.4, 0.5) is 4.79 Å². The predicted molar refractivity (Wildman–Crippen MR) is 84.8 cm³/mol. The van der Waals surface area contributed by atoms with Crippen LogP contribution < -0.4 is 0 Å². The van der Waals surface area contributed by atoms with Crippen LogP contribution in [0.2, 0.25) is 0 Å². The van der Waals surface area contributed by atoms with Gasteiger partial charge < -0.3 is 5.11 Å². The van der Waals surface area contributed by atoms with Gasteiger partial charge in [-0.1, -0.05) is 31.2 Å². The molecule has 1 atom stereocenters. The number of rotatable bonds is 4. The Morgan fingerprint density at radius 1 is 1.35 bits per heavy atom. The van der Waals surface area contributed by atoms with Crippen molar-refractivity contribution in [1.29, 1.82) is 0 Å². The number of hydrogen-bond acceptors (Lipinski definition) is 3. The standard InChI is InChI=1S/C17H20N2O4/c1-3-10-17(4-2)11-18(16(22)23)12-19(15(17)21)14(20)13-8-6-5-7-9-13/h3,5-9H,1,4,10-12H2,2H3,(H,22,23)/t17-/m1/s1. The van der Waals surface area contributed by atoms with E-state index >= 15 is 0 Å². The molecule has 1 aromatic carbocycles. The van der Waals surface area contributed by atoms with Crippen LogP contribution >= 0.6 is 0 Å². The van der Waals surface area contributed by atoms with E-state index in [2.05, 4.69) is 6.58 Å². The van der Waals surface area contributed by atoms with E-state index in [0.29, 0.717) is 18.4 Å². The third-order valence-corrected chi connectivity index (χ3v) is 4.25. The Hall–Kier alpha value is -2.63. The van der Waals surface area contributed by atoms with Gasteiger partial charge in [0.1, 0.15) is 6.67 Å². The molecule has 0 aromatic heterocycles. The van der Waals surface area contributed by atoms with Crippen LogP contribution in [0.5, 0.6) is 0 Å². The number of imide groups is 1. The molecule has 2 rings (SSSR count). The SMILES string of the molecule is C=CC[C@]1(CC)CN(C(=O)O)CN(C(=O)c2ccccc2)C1=O. The second-order valence-corrected chi connectivity index (χ2v) is 5.65. The minimum absolute atomic E-state index is 0.0717. The summed E-state index contributed by atoms with van der Waals surface area (Å²) >= 11 is 0. The second-order valence-electron chi connectivity index (χ2n) is 5.65. The summed E-state index contributed by atoms with van der Waals surface area (Å²) in [5, 5.41) is 9.34. The fraction of sp³-hybridized carbons (Fsp3) is 0.353. The molecule has 0 unspecified atom stereocenters. The van der Waals surface area contributed by atoms with Gasteiger partial charge in [-0.3, -0.25) is 19.4 Å². The molecule has 1 saturated heterocycles. The lowest BCUT2D eigenvalue weighted by Gasteiger charge is -2.44. The van der Waals surface area contributed by atoms with Gasteiger partial charge in [0.15, 0.2) is 0 Å². The van der Waals surface area contributed by atoms with Crippen LogP contribution in [0.3, 0.4) is 0 Å². The first-order chi connectivity index (χ1) is 10.9. The molecule has 0 aliphatic carbocycles. The predicted octanol–water partition coefficient (Wildman–Crippen LogP) is 2.58. The number of nitrogens with zero attached hydrogens (tertiary/aromatic N) is 2. The fourth-order valence-electron chi connectivity index (χ4n) is 2.86. The molecular formula is C17H20N2O4. The van der Waals surface area contributed by atoms with Crippen molar-refractivity contribution in [2.24, 2.45) is 5.41 Å². The van der Waals surface area contributed by atoms with Gasteiger partial charge in [-0.05, 0) is 25.0 Å². The van der Waals surface area contributed by atoms with Gasteiger partial charge in [-0.2, -0.15) is 0 Å². The molecule has 0 spiro atoms. The monoisotopic (exact) mass is 316 g/mol. The molecule has 6 nitrogen and oxygen atoms in total. The van der Waals surface area contributed by atoms with E-state index in [-0.39, 0.29) is 19.1 Å². The molecule has 1 fully saturated rings. The van der Waals surface area contributed by atoms with Crippen molar-refractivity contribution in [3.8, 4) is 0 Å². The normalized spacial score (nSPS) is 21.2. The largest absolute Gasteiger partial charge is 0.465 e. The molecule has 0 saturated carbocycles. The second kappa shape index (κ2) is 6.64. The zero-order valence-electron chi connectivity index (χ0n) is 13.1. The summed E-state index contributed by atoms with van der Waals surface area (Å²) in [6.07, 6.45) is 1.20. The minimum atomic E-state index is -1.15. The number of carbonyl (C=O) groups is 3. The first-order valence-electron chi connectivity index (χ1n) is 7.45. The maximum absolute atomic E-state index is 12.9. The molecule has 1 aromatic rings. The third-order valence-electron chi connectivity index (χ3n) is 4.25. The molecule has 0 bridgehead atoms. The average Bonchev–Trinajstić information content (AvgIpc) is 2.57. The zero-order chi connectivity index (χ0) is 17.0. The first kappa shape index (κ1) is 16.7. The van der Waals surface area contributed by atoms with Gasteiger partial charge in [-0.15, -0.1) is 6.58 Å². The third kappa shape index (κ3) is 3.11. The summed E-state index contributed by atoms with van der Waals surface area (Å²) < 4.78 is 0. The number of benzene rings is 1. The van der Waals surface area contributed by atoms with Crippen molar-refractivity contribution in [1.82, 2.24) is 9.80 Å². The topological polar surface area (TPSA) is 77.9 Å². The summed E-state index contributed by atoms with van der Waals surface area (Å²) in [6.45, 7) is 5.30. The molecule has 1 aliphatic heterocycles. The molecule has 1 aliphatic rings. The molecule has 0 radical (unpaired) electrons. The van der Waals surface area contributed by atoms with Crippen molar-refractivity contribution in [2.45, 2.75) is 19.8 Å². The summed E-state index contributed by atoms with van der Waals surface area (Å²) in [5.41, 5.74) is -0.584. The Balaban J connectivity index is 2.40. The van der Waals surface area contributed by atoms with Crippen LogP contribution in [0, 0.1) is 5.41 Å². The molecular weight excluding hydrogens is 296 g/mol. The minimum Gasteiger partial charge on any atom is -0.465 e. The number of amides is 3. The van der Waals surface area contributed by atoms with Crippen molar-refractivity contribution in [2.75, 3.05) is 13.2 Å². The van der Waals surface area contributed by atoms with Crippen LogP contribution in [-0.2, 0) is 4.79 Å². The van der Waals surface area contributed by atoms with Gasteiger partial charge in [0.05, 0.1) is 5.41 Å². The van der Waals surface area contributed by atoms with Crippen LogP contribution in [-0.4, -0.2) is 46.0 Å². The first-order valence-corrected chi connectivity index (χ1v) is 7.45. The lowest BCUT2D eigenvalue weighted by Crippen LogP contribution is -2.61. The maximum atomic E-state index is 12.9. The van der Waals surface area contributed by atoms with Gasteiger partial charge in [-0.25, -0.2) is 4.79 Å². The Morgan fingerprint density at radius 3 is 2.52 bits per heavy atom. The quantitative estimate of drug-likeness (QED) is 0.684. The summed E-state index contributed by atoms with van der Waals surface area (Å²) in [7, 11) is 0. The lowest BCUT2D eigenvalue weighted by molar-refractivity contribution is -0.147. The van der Waals surface area contributed by atoms with Crippen LogP contribution in [0.15, 0.2) is 43.0 Å².